The summed E-state index contributed by atoms with van der Waals surface area (Å²) in [5.41, 5.74) is 2.38. The van der Waals surface area contributed by atoms with Gasteiger partial charge in [-0.3, -0.25) is 4.79 Å². The summed E-state index contributed by atoms with van der Waals surface area (Å²) in [5.74, 6) is 1.71. The van der Waals surface area contributed by atoms with E-state index < -0.39 is 0 Å². The van der Waals surface area contributed by atoms with Gasteiger partial charge in [-0.25, -0.2) is 0 Å². The van der Waals surface area contributed by atoms with Gasteiger partial charge >= 0.3 is 0 Å². The molecule has 0 saturated heterocycles. The number of amides is 1. The van der Waals surface area contributed by atoms with E-state index in [-0.39, 0.29) is 12.5 Å². The Kier molecular flexibility index (Phi) is 7.74. The Morgan fingerprint density at radius 2 is 1.89 bits per heavy atom. The van der Waals surface area contributed by atoms with E-state index in [1.807, 2.05) is 55.5 Å². The highest BCUT2D eigenvalue weighted by molar-refractivity contribution is 5.95. The van der Waals surface area contributed by atoms with E-state index in [2.05, 4.69) is 31.1 Å². The molecule has 5 nitrogen and oxygen atoms in total. The second kappa shape index (κ2) is 10.3. The largest absolute Gasteiger partial charge is 0.493 e. The average molecular weight is 368 g/mol. The van der Waals surface area contributed by atoms with E-state index in [1.165, 1.54) is 0 Å². The molecule has 0 aliphatic rings. The van der Waals surface area contributed by atoms with Crippen LogP contribution < -0.4 is 20.1 Å². The van der Waals surface area contributed by atoms with Gasteiger partial charge in [0.2, 0.25) is 5.91 Å². The first-order valence-corrected chi connectivity index (χ1v) is 9.07. The summed E-state index contributed by atoms with van der Waals surface area (Å²) < 4.78 is 11.4. The van der Waals surface area contributed by atoms with Gasteiger partial charge in [0.25, 0.3) is 0 Å². The molecule has 2 aromatic carbocycles. The first-order chi connectivity index (χ1) is 12.9. The minimum atomic E-state index is -0.158. The predicted molar refractivity (Wildman–Crippen MR) is 111 cm³/mol. The van der Waals surface area contributed by atoms with Crippen LogP contribution in [0.5, 0.6) is 11.5 Å². The lowest BCUT2D eigenvalue weighted by atomic mass is 10.2. The fraction of sp³-hybridized carbons (Fsp3) is 0.318. The summed E-state index contributed by atoms with van der Waals surface area (Å²) in [6, 6.07) is 14.9. The van der Waals surface area contributed by atoms with Crippen LogP contribution in [0.25, 0.3) is 0 Å². The van der Waals surface area contributed by atoms with Gasteiger partial charge in [0.05, 0.1) is 18.8 Å². The highest BCUT2D eigenvalue weighted by atomic mass is 16.5. The van der Waals surface area contributed by atoms with Gasteiger partial charge in [0, 0.05) is 11.8 Å². The Morgan fingerprint density at radius 3 is 2.63 bits per heavy atom. The number of hydrogen-bond donors (Lipinski definition) is 2. The van der Waals surface area contributed by atoms with Crippen LogP contribution in [0, 0.1) is 5.92 Å². The summed E-state index contributed by atoms with van der Waals surface area (Å²) in [7, 11) is 0. The van der Waals surface area contributed by atoms with Gasteiger partial charge in [-0.05, 0) is 42.7 Å². The zero-order valence-corrected chi connectivity index (χ0v) is 16.2. The number of benzene rings is 2. The molecule has 2 rings (SSSR count). The van der Waals surface area contributed by atoms with E-state index in [0.717, 1.165) is 17.0 Å². The van der Waals surface area contributed by atoms with Crippen LogP contribution in [0.3, 0.4) is 0 Å². The zero-order valence-electron chi connectivity index (χ0n) is 16.2. The molecule has 2 N–H and O–H groups in total. The monoisotopic (exact) mass is 368 g/mol. The highest BCUT2D eigenvalue weighted by Gasteiger charge is 2.08. The predicted octanol–water partition coefficient (Wildman–Crippen LogP) is 4.73. The van der Waals surface area contributed by atoms with E-state index in [9.17, 15) is 4.79 Å². The minimum absolute atomic E-state index is 0.141. The standard InChI is InChI=1S/C22H28N2O3/c1-16(2)14-26-19-9-7-8-18(12-19)23-13-22(25)24-20-10-5-6-11-21(20)27-15-17(3)4/h5-12,16,23H,3,13-15H2,1-2,4H3,(H,24,25). The van der Waals surface area contributed by atoms with E-state index >= 15 is 0 Å². The smallest absolute Gasteiger partial charge is 0.243 e. The summed E-state index contributed by atoms with van der Waals surface area (Å²) in [6.07, 6.45) is 0. The van der Waals surface area contributed by atoms with Crippen molar-refractivity contribution in [2.75, 3.05) is 30.4 Å². The summed E-state index contributed by atoms with van der Waals surface area (Å²) in [4.78, 5) is 12.3. The summed E-state index contributed by atoms with van der Waals surface area (Å²) in [5, 5.41) is 5.99. The maximum atomic E-state index is 12.3. The number of rotatable bonds is 10. The number of carbonyl (C=O) groups is 1. The number of para-hydroxylation sites is 2. The molecule has 2 aromatic rings. The third kappa shape index (κ3) is 7.44. The van der Waals surface area contributed by atoms with Crippen molar-refractivity contribution in [3.63, 3.8) is 0 Å². The SMILES string of the molecule is C=C(C)COc1ccccc1NC(=O)CNc1cccc(OCC(C)C)c1. The Morgan fingerprint density at radius 1 is 1.11 bits per heavy atom. The fourth-order valence-electron chi connectivity index (χ4n) is 2.23. The summed E-state index contributed by atoms with van der Waals surface area (Å²) >= 11 is 0. The first-order valence-electron chi connectivity index (χ1n) is 9.07. The molecule has 0 bridgehead atoms. The van der Waals surface area contributed by atoms with Gasteiger partial charge in [0.1, 0.15) is 18.1 Å². The molecule has 5 heteroatoms. The maximum Gasteiger partial charge on any atom is 0.243 e. The van der Waals surface area contributed by atoms with Crippen molar-refractivity contribution in [1.29, 1.82) is 0 Å². The van der Waals surface area contributed by atoms with Gasteiger partial charge in [0.15, 0.2) is 0 Å². The normalized spacial score (nSPS) is 10.4. The molecule has 0 aromatic heterocycles. The van der Waals surface area contributed by atoms with Gasteiger partial charge in [-0.2, -0.15) is 0 Å². The van der Waals surface area contributed by atoms with Crippen LogP contribution in [0.1, 0.15) is 20.8 Å². The zero-order chi connectivity index (χ0) is 19.6. The number of nitrogens with one attached hydrogen (secondary N) is 2. The van der Waals surface area contributed by atoms with Crippen LogP contribution in [0.15, 0.2) is 60.7 Å². The van der Waals surface area contributed by atoms with Crippen LogP contribution in [0.4, 0.5) is 11.4 Å². The molecule has 0 unspecified atom stereocenters. The van der Waals surface area contributed by atoms with E-state index in [1.54, 1.807) is 0 Å². The lowest BCUT2D eigenvalue weighted by Gasteiger charge is -2.13. The number of anilines is 2. The van der Waals surface area contributed by atoms with Crippen LogP contribution in [-0.2, 0) is 4.79 Å². The molecule has 144 valence electrons. The molecule has 0 atom stereocenters. The van der Waals surface area contributed by atoms with Gasteiger partial charge in [-0.15, -0.1) is 0 Å². The molecule has 0 heterocycles. The van der Waals surface area contributed by atoms with Crippen LogP contribution >= 0.6 is 0 Å². The van der Waals surface area contributed by atoms with Crippen LogP contribution in [-0.4, -0.2) is 25.7 Å². The number of ether oxygens (including phenoxy) is 2. The lowest BCUT2D eigenvalue weighted by molar-refractivity contribution is -0.114. The Labute approximate surface area is 161 Å². The van der Waals surface area contributed by atoms with Crippen molar-refractivity contribution in [2.24, 2.45) is 5.92 Å². The van der Waals surface area contributed by atoms with Crippen molar-refractivity contribution < 1.29 is 14.3 Å². The highest BCUT2D eigenvalue weighted by Crippen LogP contribution is 2.24. The maximum absolute atomic E-state index is 12.3. The molecule has 0 aliphatic carbocycles. The summed E-state index contributed by atoms with van der Waals surface area (Å²) in [6.45, 7) is 11.1. The molecule has 1 amide bonds. The first kappa shape index (κ1) is 20.4. The third-order valence-electron chi connectivity index (χ3n) is 3.51. The quantitative estimate of drug-likeness (QED) is 0.596. The van der Waals surface area contributed by atoms with Crippen molar-refractivity contribution in [2.45, 2.75) is 20.8 Å². The van der Waals surface area contributed by atoms with E-state index in [4.69, 9.17) is 9.47 Å². The molecule has 0 spiro atoms. The molecule has 0 saturated carbocycles. The third-order valence-corrected chi connectivity index (χ3v) is 3.51. The van der Waals surface area contributed by atoms with Crippen LogP contribution in [0.2, 0.25) is 0 Å². The Balaban J connectivity index is 1.90. The van der Waals surface area contributed by atoms with E-state index in [0.29, 0.717) is 30.6 Å². The molecular weight excluding hydrogens is 340 g/mol. The number of hydrogen-bond acceptors (Lipinski definition) is 4. The lowest BCUT2D eigenvalue weighted by Crippen LogP contribution is -2.22. The second-order valence-corrected chi connectivity index (χ2v) is 6.88. The van der Waals surface area contributed by atoms with Gasteiger partial charge < -0.3 is 20.1 Å². The average Bonchev–Trinajstić information content (AvgIpc) is 2.64. The van der Waals surface area contributed by atoms with Gasteiger partial charge in [-0.1, -0.05) is 38.6 Å². The second-order valence-electron chi connectivity index (χ2n) is 6.88. The molecule has 0 aliphatic heterocycles. The topological polar surface area (TPSA) is 59.6 Å². The molecule has 0 radical (unpaired) electrons. The number of carbonyl (C=O) groups excluding carboxylic acids is 1. The van der Waals surface area contributed by atoms with Crippen molar-refractivity contribution in [3.05, 3.63) is 60.7 Å². The van der Waals surface area contributed by atoms with Crippen molar-refractivity contribution in [3.8, 4) is 11.5 Å². The Hall–Kier alpha value is -2.95. The fourth-order valence-corrected chi connectivity index (χ4v) is 2.23. The van der Waals surface area contributed by atoms with Crippen molar-refractivity contribution >= 4 is 17.3 Å². The molecule has 27 heavy (non-hydrogen) atoms. The molecule has 0 fully saturated rings. The molecular formula is C22H28N2O3. The van der Waals surface area contributed by atoms with Crippen molar-refractivity contribution in [1.82, 2.24) is 0 Å². The Bertz CT molecular complexity index is 772. The minimum Gasteiger partial charge on any atom is -0.493 e.